The molecule has 2 aliphatic carbocycles. The molecule has 6 rings (SSSR count). The molecule has 0 aromatic heterocycles. The average Bonchev–Trinajstić information content (AvgIpc) is 3.47. The third kappa shape index (κ3) is 6.05. The van der Waals surface area contributed by atoms with E-state index >= 15 is 4.39 Å². The van der Waals surface area contributed by atoms with Crippen LogP contribution in [0.5, 0.6) is 0 Å². The van der Waals surface area contributed by atoms with E-state index in [0.717, 1.165) is 78.3 Å². The van der Waals surface area contributed by atoms with E-state index < -0.39 is 12.1 Å². The zero-order valence-electron chi connectivity index (χ0n) is 23.2. The van der Waals surface area contributed by atoms with Crippen LogP contribution in [0.2, 0.25) is 0 Å². The number of hydrogen-bond donors (Lipinski definition) is 2. The van der Waals surface area contributed by atoms with E-state index in [0.29, 0.717) is 17.8 Å². The van der Waals surface area contributed by atoms with Gasteiger partial charge in [0.1, 0.15) is 6.17 Å². The van der Waals surface area contributed by atoms with E-state index in [1.165, 1.54) is 25.7 Å². The number of halogens is 1. The minimum Gasteiger partial charge on any atom is -0.379 e. The molecule has 7 unspecified atom stereocenters. The third-order valence-corrected chi connectivity index (χ3v) is 11.7. The zero-order valence-corrected chi connectivity index (χ0v) is 24.0. The van der Waals surface area contributed by atoms with E-state index in [1.54, 1.807) is 0 Å². The van der Waals surface area contributed by atoms with Gasteiger partial charge in [-0.3, -0.25) is 14.5 Å². The third-order valence-electron chi connectivity index (χ3n) is 9.87. The Morgan fingerprint density at radius 3 is 2.62 bits per heavy atom. The lowest BCUT2D eigenvalue weighted by Crippen LogP contribution is -2.70. The molecular formula is C29H46FN5O3S. The van der Waals surface area contributed by atoms with Crippen molar-refractivity contribution in [1.29, 1.82) is 0 Å². The number of alkyl halides is 1. The van der Waals surface area contributed by atoms with Crippen LogP contribution < -0.4 is 10.6 Å². The molecule has 5 fully saturated rings. The maximum Gasteiger partial charge on any atom is 0.256 e. The summed E-state index contributed by atoms with van der Waals surface area (Å²) < 4.78 is 21.3. The standard InChI is InChI=1S/C29H46FN5O3S/c30-22-18-20-26-28(25(22)31-8-5-12-34-14-16-38-17-15-34)39-24-7-2-1-6-23(24)35(26)19-21(27(20)36)29(37)32-9-13-33-10-3-4-11-33/h19-20,22-26,28,31H,1-18H2,(H,32,37). The van der Waals surface area contributed by atoms with Crippen molar-refractivity contribution in [2.24, 2.45) is 5.92 Å². The van der Waals surface area contributed by atoms with Crippen molar-refractivity contribution in [3.63, 3.8) is 0 Å². The first-order chi connectivity index (χ1) is 19.1. The quantitative estimate of drug-likeness (QED) is 0.325. The van der Waals surface area contributed by atoms with Gasteiger partial charge in [0, 0.05) is 54.8 Å². The van der Waals surface area contributed by atoms with E-state index in [9.17, 15) is 9.59 Å². The zero-order chi connectivity index (χ0) is 26.8. The van der Waals surface area contributed by atoms with Gasteiger partial charge in [0.15, 0.2) is 5.78 Å². The summed E-state index contributed by atoms with van der Waals surface area (Å²) in [4.78, 5) is 34.1. The van der Waals surface area contributed by atoms with Crippen molar-refractivity contribution in [2.45, 2.75) is 86.2 Å². The number of rotatable bonds is 9. The summed E-state index contributed by atoms with van der Waals surface area (Å²) >= 11 is 1.94. The Kier molecular flexibility index (Phi) is 9.14. The normalized spacial score (nSPS) is 37.3. The highest BCUT2D eigenvalue weighted by Crippen LogP contribution is 2.51. The predicted octanol–water partition coefficient (Wildman–Crippen LogP) is 1.80. The van der Waals surface area contributed by atoms with Crippen LogP contribution in [0.1, 0.15) is 51.4 Å². The number of carbonyl (C=O) groups excluding carboxylic acids is 2. The van der Waals surface area contributed by atoms with Crippen molar-refractivity contribution in [2.75, 3.05) is 65.6 Å². The number of likely N-dealkylation sites (tertiary alicyclic amines) is 1. The molecule has 8 nitrogen and oxygen atoms in total. The number of thioether (sulfide) groups is 1. The minimum atomic E-state index is -1.09. The van der Waals surface area contributed by atoms with Crippen LogP contribution in [0.4, 0.5) is 4.39 Å². The smallest absolute Gasteiger partial charge is 0.256 e. The fourth-order valence-corrected chi connectivity index (χ4v) is 9.91. The molecule has 0 aromatic rings. The molecule has 6 aliphatic rings. The fraction of sp³-hybridized carbons (Fsp3) is 0.862. The predicted molar refractivity (Wildman–Crippen MR) is 151 cm³/mol. The van der Waals surface area contributed by atoms with Gasteiger partial charge in [-0.2, -0.15) is 0 Å². The first-order valence-corrected chi connectivity index (χ1v) is 16.4. The summed E-state index contributed by atoms with van der Waals surface area (Å²) in [6.07, 6.45) is 8.99. The SMILES string of the molecule is O=C(NCCN1CCCC1)C1=CN2C3CCCCC3SC3C(NCCCN4CCOCC4)C(F)CC(C1=O)C32. The van der Waals surface area contributed by atoms with Crippen LogP contribution in [0, 0.1) is 5.92 Å². The molecule has 0 aromatic carbocycles. The first-order valence-electron chi connectivity index (χ1n) is 15.5. The number of carbonyl (C=O) groups is 2. The second-order valence-corrected chi connectivity index (χ2v) is 13.7. The van der Waals surface area contributed by atoms with Crippen molar-refractivity contribution >= 4 is 23.5 Å². The fourth-order valence-electron chi connectivity index (χ4n) is 7.81. The van der Waals surface area contributed by atoms with Crippen molar-refractivity contribution in [1.82, 2.24) is 25.3 Å². The van der Waals surface area contributed by atoms with Gasteiger partial charge in [0.05, 0.1) is 30.9 Å². The Morgan fingerprint density at radius 1 is 1.03 bits per heavy atom. The molecule has 0 radical (unpaired) electrons. The monoisotopic (exact) mass is 563 g/mol. The number of hydrogen-bond acceptors (Lipinski definition) is 8. The highest BCUT2D eigenvalue weighted by atomic mass is 32.2. The van der Waals surface area contributed by atoms with Gasteiger partial charge in [-0.25, -0.2) is 4.39 Å². The molecule has 4 heterocycles. The molecule has 218 valence electrons. The van der Waals surface area contributed by atoms with E-state index in [1.807, 2.05) is 18.0 Å². The van der Waals surface area contributed by atoms with Crippen molar-refractivity contribution in [3.05, 3.63) is 11.8 Å². The van der Waals surface area contributed by atoms with Gasteiger partial charge in [-0.1, -0.05) is 12.8 Å². The van der Waals surface area contributed by atoms with Gasteiger partial charge >= 0.3 is 0 Å². The van der Waals surface area contributed by atoms with Crippen LogP contribution in [0.15, 0.2) is 11.8 Å². The molecular weight excluding hydrogens is 517 g/mol. The number of ether oxygens (including phenoxy) is 1. The summed E-state index contributed by atoms with van der Waals surface area (Å²) in [6.45, 7) is 8.83. The molecule has 10 heteroatoms. The summed E-state index contributed by atoms with van der Waals surface area (Å²) in [7, 11) is 0. The maximum absolute atomic E-state index is 15.9. The summed E-state index contributed by atoms with van der Waals surface area (Å²) in [6, 6.07) is 0.0289. The molecule has 2 N–H and O–H groups in total. The largest absolute Gasteiger partial charge is 0.379 e. The maximum atomic E-state index is 15.9. The van der Waals surface area contributed by atoms with E-state index in [4.69, 9.17) is 4.74 Å². The van der Waals surface area contributed by atoms with Crippen LogP contribution in [0.3, 0.4) is 0 Å². The molecule has 4 aliphatic heterocycles. The first kappa shape index (κ1) is 27.9. The van der Waals surface area contributed by atoms with Crippen molar-refractivity contribution in [3.8, 4) is 0 Å². The minimum absolute atomic E-state index is 0.0152. The highest BCUT2D eigenvalue weighted by molar-refractivity contribution is 8.00. The molecule has 39 heavy (non-hydrogen) atoms. The second kappa shape index (κ2) is 12.8. The molecule has 1 amide bonds. The van der Waals surface area contributed by atoms with Crippen LogP contribution in [0.25, 0.3) is 0 Å². The van der Waals surface area contributed by atoms with E-state index in [-0.39, 0.29) is 41.0 Å². The Morgan fingerprint density at radius 2 is 1.79 bits per heavy atom. The second-order valence-electron chi connectivity index (χ2n) is 12.3. The van der Waals surface area contributed by atoms with Crippen molar-refractivity contribution < 1.29 is 18.7 Å². The van der Waals surface area contributed by atoms with Gasteiger partial charge in [-0.15, -0.1) is 11.8 Å². The summed E-state index contributed by atoms with van der Waals surface area (Å²) in [5.41, 5.74) is 0.247. The Hall–Kier alpha value is -1.20. The number of nitrogens with zero attached hydrogens (tertiary/aromatic N) is 3. The van der Waals surface area contributed by atoms with Gasteiger partial charge < -0.3 is 25.2 Å². The van der Waals surface area contributed by atoms with Crippen LogP contribution in [-0.4, -0.2) is 127 Å². The lowest BCUT2D eigenvalue weighted by atomic mass is 9.72. The lowest BCUT2D eigenvalue weighted by molar-refractivity contribution is -0.130. The van der Waals surface area contributed by atoms with Gasteiger partial charge in [-0.05, 0) is 64.7 Å². The number of amides is 1. The topological polar surface area (TPSA) is 77.2 Å². The number of morpholine rings is 1. The average molecular weight is 564 g/mol. The number of nitrogens with one attached hydrogen (secondary N) is 2. The Labute approximate surface area is 236 Å². The van der Waals surface area contributed by atoms with Gasteiger partial charge in [0.2, 0.25) is 0 Å². The number of Topliss-reactive ketones (excluding diaryl/α,β-unsaturated/α-hetero) is 1. The summed E-state index contributed by atoms with van der Waals surface area (Å²) in [5.74, 6) is -0.877. The van der Waals surface area contributed by atoms with Crippen LogP contribution >= 0.6 is 11.8 Å². The lowest BCUT2D eigenvalue weighted by Gasteiger charge is -2.59. The Bertz CT molecular complexity index is 911. The molecule has 0 bridgehead atoms. The molecule has 2 saturated carbocycles. The van der Waals surface area contributed by atoms with Crippen LogP contribution in [-0.2, 0) is 14.3 Å². The van der Waals surface area contributed by atoms with Gasteiger partial charge in [0.25, 0.3) is 5.91 Å². The summed E-state index contributed by atoms with van der Waals surface area (Å²) in [5, 5.41) is 7.05. The molecule has 3 saturated heterocycles. The number of ketones is 1. The van der Waals surface area contributed by atoms with E-state index in [2.05, 4.69) is 25.3 Å². The Balaban J connectivity index is 1.15. The molecule has 0 spiro atoms. The highest BCUT2D eigenvalue weighted by Gasteiger charge is 2.57. The molecule has 7 atom stereocenters. The number of fused-ring (bicyclic) bond motifs is 2.